The molecule has 0 aromatic rings. The fourth-order valence-electron chi connectivity index (χ4n) is 2.35. The van der Waals surface area contributed by atoms with Crippen LogP contribution in [-0.2, 0) is 9.35 Å². The summed E-state index contributed by atoms with van der Waals surface area (Å²) in [5.41, 5.74) is 0. The van der Waals surface area contributed by atoms with Crippen LogP contribution in [0.1, 0.15) is 64.7 Å². The molecule has 1 aliphatic heterocycles. The van der Waals surface area contributed by atoms with Crippen molar-refractivity contribution in [3.8, 4) is 0 Å². The van der Waals surface area contributed by atoms with Crippen LogP contribution >= 0.6 is 7.06 Å². The molecule has 1 rings (SSSR count). The number of unbranched alkanes of at least 4 members (excludes halogenated alkanes) is 7. The fraction of sp³-hybridized carbons (Fsp3) is 1.00. The van der Waals surface area contributed by atoms with Gasteiger partial charge in [-0.2, -0.15) is 0 Å². The molecule has 0 aromatic heterocycles. The van der Waals surface area contributed by atoms with Crippen molar-refractivity contribution >= 4 is 7.06 Å². The van der Waals surface area contributed by atoms with Crippen molar-refractivity contribution in [2.24, 2.45) is 0 Å². The van der Waals surface area contributed by atoms with Crippen molar-refractivity contribution in [1.82, 2.24) is 0 Å². The number of rotatable bonds is 11. The van der Waals surface area contributed by atoms with E-state index in [1.54, 1.807) is 0 Å². The van der Waals surface area contributed by atoms with Crippen molar-refractivity contribution in [3.05, 3.63) is 0 Å². The van der Waals surface area contributed by atoms with Crippen LogP contribution in [0.15, 0.2) is 0 Å². The van der Waals surface area contributed by atoms with Gasteiger partial charge in [0.25, 0.3) is 0 Å². The van der Waals surface area contributed by atoms with Crippen LogP contribution in [0.25, 0.3) is 0 Å². The van der Waals surface area contributed by atoms with E-state index in [1.807, 2.05) is 13.3 Å². The van der Waals surface area contributed by atoms with E-state index in [4.69, 9.17) is 9.35 Å². The van der Waals surface area contributed by atoms with E-state index in [2.05, 4.69) is 6.92 Å². The zero-order chi connectivity index (χ0) is 13.5. The van der Waals surface area contributed by atoms with Crippen LogP contribution < -0.4 is 0 Å². The van der Waals surface area contributed by atoms with Crippen molar-refractivity contribution in [3.63, 3.8) is 0 Å². The van der Waals surface area contributed by atoms with Crippen LogP contribution in [0, 0.1) is 0 Å². The van der Waals surface area contributed by atoms with E-state index >= 15 is 0 Å². The maximum absolute atomic E-state index is 9.94. The zero-order valence-corrected chi connectivity index (χ0v) is 13.3. The Bertz CT molecular complexity index is 235. The fourth-order valence-corrected chi connectivity index (χ4v) is 4.56. The van der Waals surface area contributed by atoms with E-state index in [0.29, 0.717) is 6.16 Å². The van der Waals surface area contributed by atoms with Gasteiger partial charge in [0.2, 0.25) is 0 Å². The number of aliphatic hydroxyl groups is 1. The summed E-state index contributed by atoms with van der Waals surface area (Å²) >= 11 is 0. The van der Waals surface area contributed by atoms with Gasteiger partial charge in [-0.25, -0.2) is 0 Å². The standard InChI is InChI=1S/C14H31O3P/c1-4-5-6-7-8-9-10-11-12-14(15)13-18(2,3)16-17-18/h14-15H,4-13H2,1-3H3. The van der Waals surface area contributed by atoms with E-state index in [0.717, 1.165) is 12.8 Å². The molecular weight excluding hydrogens is 247 g/mol. The average Bonchev–Trinajstić information content (AvgIpc) is 2.93. The minimum absolute atomic E-state index is 0.250. The second-order valence-electron chi connectivity index (χ2n) is 6.39. The first kappa shape index (κ1) is 16.4. The zero-order valence-electron chi connectivity index (χ0n) is 12.4. The number of hydrogen-bond acceptors (Lipinski definition) is 3. The quantitative estimate of drug-likeness (QED) is 0.262. The monoisotopic (exact) mass is 278 g/mol. The second kappa shape index (κ2) is 7.19. The van der Waals surface area contributed by atoms with Gasteiger partial charge in [0.05, 0.1) is 0 Å². The first-order valence-corrected chi connectivity index (χ1v) is 10.7. The topological polar surface area (TPSA) is 45.3 Å². The summed E-state index contributed by atoms with van der Waals surface area (Å²) in [6.07, 6.45) is 11.8. The Labute approximate surface area is 112 Å². The molecule has 0 spiro atoms. The molecule has 1 atom stereocenters. The van der Waals surface area contributed by atoms with Crippen LogP contribution in [0.2, 0.25) is 0 Å². The van der Waals surface area contributed by atoms with Gasteiger partial charge >= 0.3 is 112 Å². The molecule has 0 radical (unpaired) electrons. The van der Waals surface area contributed by atoms with Gasteiger partial charge in [-0.15, -0.1) is 0 Å². The molecule has 0 bridgehead atoms. The third kappa shape index (κ3) is 7.04. The second-order valence-corrected chi connectivity index (χ2v) is 11.3. The van der Waals surface area contributed by atoms with Gasteiger partial charge < -0.3 is 0 Å². The van der Waals surface area contributed by atoms with E-state index in [9.17, 15) is 5.11 Å². The summed E-state index contributed by atoms with van der Waals surface area (Å²) in [6.45, 7) is 6.28. The van der Waals surface area contributed by atoms with Gasteiger partial charge in [-0.1, -0.05) is 0 Å². The minimum atomic E-state index is -2.27. The van der Waals surface area contributed by atoms with Crippen LogP contribution in [0.5, 0.6) is 0 Å². The predicted molar refractivity (Wildman–Crippen MR) is 79.0 cm³/mol. The summed E-state index contributed by atoms with van der Waals surface area (Å²) < 4.78 is 10.2. The first-order valence-electron chi connectivity index (χ1n) is 7.52. The maximum atomic E-state index is 9.94. The van der Waals surface area contributed by atoms with Crippen molar-refractivity contribution in [1.29, 1.82) is 0 Å². The predicted octanol–water partition coefficient (Wildman–Crippen LogP) is 4.48. The molecule has 0 amide bonds. The Hall–Kier alpha value is 0.310. The van der Waals surface area contributed by atoms with Gasteiger partial charge in [0.1, 0.15) is 0 Å². The van der Waals surface area contributed by atoms with Crippen molar-refractivity contribution < 1.29 is 14.5 Å². The number of hydrogen-bond donors (Lipinski definition) is 1. The first-order chi connectivity index (χ1) is 8.44. The van der Waals surface area contributed by atoms with Crippen LogP contribution in [-0.4, -0.2) is 30.7 Å². The Kier molecular flexibility index (Phi) is 6.54. The molecular formula is C14H31O3P. The van der Waals surface area contributed by atoms with Gasteiger partial charge in [0.15, 0.2) is 0 Å². The molecule has 1 saturated heterocycles. The average molecular weight is 278 g/mol. The normalized spacial score (nSPS) is 24.1. The summed E-state index contributed by atoms with van der Waals surface area (Å²) in [5.74, 6) is 0. The van der Waals surface area contributed by atoms with Crippen LogP contribution in [0.4, 0.5) is 0 Å². The Morgan fingerprint density at radius 2 is 1.39 bits per heavy atom. The van der Waals surface area contributed by atoms with E-state index in [1.165, 1.54) is 44.9 Å². The molecule has 1 heterocycles. The van der Waals surface area contributed by atoms with Gasteiger partial charge in [-0.05, 0) is 0 Å². The van der Waals surface area contributed by atoms with E-state index < -0.39 is 7.06 Å². The molecule has 1 aliphatic rings. The molecule has 3 nitrogen and oxygen atoms in total. The summed E-state index contributed by atoms with van der Waals surface area (Å²) in [5, 5.41) is 9.94. The molecule has 110 valence electrons. The Morgan fingerprint density at radius 3 is 1.89 bits per heavy atom. The third-order valence-corrected chi connectivity index (χ3v) is 6.00. The van der Waals surface area contributed by atoms with Gasteiger partial charge in [0, 0.05) is 0 Å². The molecule has 1 fully saturated rings. The van der Waals surface area contributed by atoms with Crippen molar-refractivity contribution in [2.75, 3.05) is 19.5 Å². The summed E-state index contributed by atoms with van der Waals surface area (Å²) in [7, 11) is -2.27. The summed E-state index contributed by atoms with van der Waals surface area (Å²) in [6, 6.07) is 0. The van der Waals surface area contributed by atoms with Crippen molar-refractivity contribution in [2.45, 2.75) is 70.8 Å². The van der Waals surface area contributed by atoms with E-state index in [-0.39, 0.29) is 6.10 Å². The molecule has 1 N–H and O–H groups in total. The SMILES string of the molecule is CCCCCCCCCCC(O)CP1(C)(C)OO1. The molecule has 18 heavy (non-hydrogen) atoms. The molecule has 0 aliphatic carbocycles. The summed E-state index contributed by atoms with van der Waals surface area (Å²) in [4.78, 5) is 0. The Morgan fingerprint density at radius 1 is 0.889 bits per heavy atom. The molecule has 0 aromatic carbocycles. The molecule has 4 heteroatoms. The van der Waals surface area contributed by atoms with Gasteiger partial charge in [-0.3, -0.25) is 0 Å². The van der Waals surface area contributed by atoms with Crippen LogP contribution in [0.3, 0.4) is 0 Å². The number of aliphatic hydroxyl groups excluding tert-OH is 1. The Balaban J connectivity index is 1.89. The third-order valence-electron chi connectivity index (χ3n) is 3.59. The molecule has 1 unspecified atom stereocenters. The molecule has 0 saturated carbocycles.